The summed E-state index contributed by atoms with van der Waals surface area (Å²) in [6, 6.07) is 16.8. The van der Waals surface area contributed by atoms with Gasteiger partial charge in [0.2, 0.25) is 5.91 Å². The Labute approximate surface area is 172 Å². The molecule has 0 aliphatic carbocycles. The van der Waals surface area contributed by atoms with Crippen LogP contribution in [0.5, 0.6) is 0 Å². The number of benzene rings is 2. The lowest BCUT2D eigenvalue weighted by atomic mass is 10.0. The third-order valence-corrected chi connectivity index (χ3v) is 5.47. The smallest absolute Gasteiger partial charge is 0.251 e. The minimum Gasteiger partial charge on any atom is -0.349 e. The summed E-state index contributed by atoms with van der Waals surface area (Å²) in [4.78, 5) is 38.8. The summed E-state index contributed by atoms with van der Waals surface area (Å²) in [6.07, 6.45) is 2.87. The van der Waals surface area contributed by atoms with E-state index in [1.165, 1.54) is 5.56 Å². The Morgan fingerprint density at radius 2 is 1.55 bits per heavy atom. The topological polar surface area (TPSA) is 66.5 Å². The number of aryl methyl sites for hydroxylation is 1. The Morgan fingerprint density at radius 3 is 2.17 bits per heavy atom. The first-order valence-corrected chi connectivity index (χ1v) is 10.3. The first-order valence-electron chi connectivity index (χ1n) is 10.3. The average Bonchev–Trinajstić information content (AvgIpc) is 2.78. The first-order chi connectivity index (χ1) is 14.1. The van der Waals surface area contributed by atoms with Crippen molar-refractivity contribution < 1.29 is 14.4 Å². The minimum atomic E-state index is -0.0740. The molecule has 152 valence electrons. The standard InChI is InChI=1S/C24H28N2O3/c1-2-18-8-10-19(11-9-18)22(27)12-13-23(28)26-16-14-21(15-17-26)25-24(29)20-6-4-3-5-7-20/h3-11,21H,2,12-17H2,1H3,(H,25,29). The highest BCUT2D eigenvalue weighted by Gasteiger charge is 2.24. The van der Waals surface area contributed by atoms with E-state index in [1.807, 2.05) is 42.5 Å². The Kier molecular flexibility index (Phi) is 7.17. The van der Waals surface area contributed by atoms with Gasteiger partial charge in [-0.25, -0.2) is 0 Å². The van der Waals surface area contributed by atoms with E-state index >= 15 is 0 Å². The Bertz CT molecular complexity index is 838. The quantitative estimate of drug-likeness (QED) is 0.732. The molecule has 1 saturated heterocycles. The molecule has 1 heterocycles. The van der Waals surface area contributed by atoms with Crippen molar-refractivity contribution in [2.45, 2.75) is 45.1 Å². The average molecular weight is 392 g/mol. The number of ketones is 1. The number of piperidine rings is 1. The van der Waals surface area contributed by atoms with Gasteiger partial charge in [0.25, 0.3) is 5.91 Å². The lowest BCUT2D eigenvalue weighted by Crippen LogP contribution is -2.46. The summed E-state index contributed by atoms with van der Waals surface area (Å²) in [5.41, 5.74) is 2.51. The molecule has 1 N–H and O–H groups in total. The van der Waals surface area contributed by atoms with Crippen LogP contribution in [-0.4, -0.2) is 41.6 Å². The maximum absolute atomic E-state index is 12.5. The van der Waals surface area contributed by atoms with Gasteiger partial charge in [-0.05, 0) is 37.0 Å². The zero-order valence-electron chi connectivity index (χ0n) is 16.9. The lowest BCUT2D eigenvalue weighted by Gasteiger charge is -2.32. The van der Waals surface area contributed by atoms with E-state index < -0.39 is 0 Å². The number of carbonyl (C=O) groups excluding carboxylic acids is 3. The van der Waals surface area contributed by atoms with E-state index in [4.69, 9.17) is 0 Å². The summed E-state index contributed by atoms with van der Waals surface area (Å²) in [7, 11) is 0. The van der Waals surface area contributed by atoms with Crippen molar-refractivity contribution in [1.29, 1.82) is 0 Å². The molecule has 29 heavy (non-hydrogen) atoms. The van der Waals surface area contributed by atoms with Crippen molar-refractivity contribution >= 4 is 17.6 Å². The molecule has 3 rings (SSSR count). The number of hydrogen-bond donors (Lipinski definition) is 1. The summed E-state index contributed by atoms with van der Waals surface area (Å²) in [5, 5.41) is 3.04. The number of Topliss-reactive ketones (excluding diaryl/α,β-unsaturated/α-hetero) is 1. The van der Waals surface area contributed by atoms with E-state index in [-0.39, 0.29) is 36.5 Å². The maximum atomic E-state index is 12.5. The second kappa shape index (κ2) is 10.0. The minimum absolute atomic E-state index is 0.00557. The fourth-order valence-corrected chi connectivity index (χ4v) is 3.58. The molecular weight excluding hydrogens is 364 g/mol. The molecule has 0 radical (unpaired) electrons. The van der Waals surface area contributed by atoms with Gasteiger partial charge in [-0.3, -0.25) is 14.4 Å². The van der Waals surface area contributed by atoms with Crippen LogP contribution in [0, 0.1) is 0 Å². The van der Waals surface area contributed by atoms with Crippen LogP contribution in [0.2, 0.25) is 0 Å². The first kappa shape index (κ1) is 20.8. The second-order valence-corrected chi connectivity index (χ2v) is 7.47. The number of carbonyl (C=O) groups is 3. The summed E-state index contributed by atoms with van der Waals surface area (Å²) in [5.74, 6) is -0.0579. The van der Waals surface area contributed by atoms with E-state index in [9.17, 15) is 14.4 Å². The highest BCUT2D eigenvalue weighted by Crippen LogP contribution is 2.15. The molecule has 0 aromatic heterocycles. The second-order valence-electron chi connectivity index (χ2n) is 7.47. The molecule has 5 nitrogen and oxygen atoms in total. The molecule has 2 aromatic rings. The third-order valence-electron chi connectivity index (χ3n) is 5.47. The zero-order chi connectivity index (χ0) is 20.6. The van der Waals surface area contributed by atoms with Crippen molar-refractivity contribution in [3.63, 3.8) is 0 Å². The predicted molar refractivity (Wildman–Crippen MR) is 113 cm³/mol. The van der Waals surface area contributed by atoms with E-state index in [2.05, 4.69) is 12.2 Å². The molecule has 1 aliphatic heterocycles. The van der Waals surface area contributed by atoms with Crippen molar-refractivity contribution in [3.8, 4) is 0 Å². The van der Waals surface area contributed by atoms with E-state index in [0.29, 0.717) is 24.2 Å². The van der Waals surface area contributed by atoms with Crippen molar-refractivity contribution in [1.82, 2.24) is 10.2 Å². The van der Waals surface area contributed by atoms with Gasteiger partial charge < -0.3 is 10.2 Å². The van der Waals surface area contributed by atoms with Gasteiger partial charge >= 0.3 is 0 Å². The molecule has 5 heteroatoms. The number of hydrogen-bond acceptors (Lipinski definition) is 3. The van der Waals surface area contributed by atoms with Crippen molar-refractivity contribution in [2.24, 2.45) is 0 Å². The summed E-state index contributed by atoms with van der Waals surface area (Å²) in [6.45, 7) is 3.29. The normalized spacial score (nSPS) is 14.4. The van der Waals surface area contributed by atoms with E-state index in [1.54, 1.807) is 17.0 Å². The van der Waals surface area contributed by atoms with Crippen LogP contribution in [0.3, 0.4) is 0 Å². The molecule has 0 atom stereocenters. The highest BCUT2D eigenvalue weighted by atomic mass is 16.2. The highest BCUT2D eigenvalue weighted by molar-refractivity contribution is 5.98. The van der Waals surface area contributed by atoms with Gasteiger partial charge in [-0.15, -0.1) is 0 Å². The summed E-state index contributed by atoms with van der Waals surface area (Å²) >= 11 is 0. The van der Waals surface area contributed by atoms with Crippen LogP contribution in [0.15, 0.2) is 54.6 Å². The SMILES string of the molecule is CCc1ccc(C(=O)CCC(=O)N2CCC(NC(=O)c3ccccc3)CC2)cc1. The van der Waals surface area contributed by atoms with Crippen LogP contribution in [0.1, 0.15) is 58.9 Å². The number of nitrogens with one attached hydrogen (secondary N) is 1. The zero-order valence-corrected chi connectivity index (χ0v) is 16.9. The van der Waals surface area contributed by atoms with Crippen LogP contribution < -0.4 is 5.32 Å². The molecular formula is C24H28N2O3. The number of amides is 2. The largest absolute Gasteiger partial charge is 0.349 e. The Hall–Kier alpha value is -2.95. The van der Waals surface area contributed by atoms with E-state index in [0.717, 1.165) is 19.3 Å². The van der Waals surface area contributed by atoms with Crippen LogP contribution in [-0.2, 0) is 11.2 Å². The van der Waals surface area contributed by atoms with Crippen molar-refractivity contribution in [2.75, 3.05) is 13.1 Å². The number of likely N-dealkylation sites (tertiary alicyclic amines) is 1. The van der Waals surface area contributed by atoms with Gasteiger partial charge in [0, 0.05) is 43.1 Å². The molecule has 0 bridgehead atoms. The molecule has 0 saturated carbocycles. The maximum Gasteiger partial charge on any atom is 0.251 e. The fraction of sp³-hybridized carbons (Fsp3) is 0.375. The summed E-state index contributed by atoms with van der Waals surface area (Å²) < 4.78 is 0. The molecule has 1 fully saturated rings. The fourth-order valence-electron chi connectivity index (χ4n) is 3.58. The molecule has 2 aromatic carbocycles. The van der Waals surface area contributed by atoms with Crippen molar-refractivity contribution in [3.05, 3.63) is 71.3 Å². The molecule has 0 unspecified atom stereocenters. The lowest BCUT2D eigenvalue weighted by molar-refractivity contribution is -0.132. The number of nitrogens with zero attached hydrogens (tertiary/aromatic N) is 1. The monoisotopic (exact) mass is 392 g/mol. The Balaban J connectivity index is 1.41. The Morgan fingerprint density at radius 1 is 0.897 bits per heavy atom. The van der Waals surface area contributed by atoms with Crippen LogP contribution in [0.25, 0.3) is 0 Å². The van der Waals surface area contributed by atoms with Crippen LogP contribution >= 0.6 is 0 Å². The van der Waals surface area contributed by atoms with Gasteiger partial charge in [0.1, 0.15) is 0 Å². The third kappa shape index (κ3) is 5.76. The molecule has 0 spiro atoms. The van der Waals surface area contributed by atoms with Gasteiger partial charge in [-0.1, -0.05) is 49.4 Å². The van der Waals surface area contributed by atoms with Crippen LogP contribution in [0.4, 0.5) is 0 Å². The van der Waals surface area contributed by atoms with Gasteiger partial charge in [0.05, 0.1) is 0 Å². The molecule has 2 amide bonds. The predicted octanol–water partition coefficient (Wildman–Crippen LogP) is 3.63. The molecule has 1 aliphatic rings. The number of rotatable bonds is 7. The van der Waals surface area contributed by atoms with Gasteiger partial charge in [-0.2, -0.15) is 0 Å². The van der Waals surface area contributed by atoms with Gasteiger partial charge in [0.15, 0.2) is 5.78 Å².